The average molecular weight is 470 g/mol. The summed E-state index contributed by atoms with van der Waals surface area (Å²) >= 11 is 0. The van der Waals surface area contributed by atoms with Crippen LogP contribution in [0, 0.1) is 22.7 Å². The Balaban J connectivity index is 1.55. The molecule has 6 aliphatic rings. The predicted octanol–water partition coefficient (Wildman–Crippen LogP) is 4.40. The Kier molecular flexibility index (Phi) is 4.71. The third-order valence-corrected chi connectivity index (χ3v) is 11.4. The third kappa shape index (κ3) is 2.78. The highest BCUT2D eigenvalue weighted by molar-refractivity contribution is 5.58. The molecule has 34 heavy (non-hydrogen) atoms. The Bertz CT molecular complexity index is 1010. The van der Waals surface area contributed by atoms with E-state index in [9.17, 15) is 15.3 Å². The van der Waals surface area contributed by atoms with Crippen molar-refractivity contribution in [2.75, 3.05) is 20.2 Å². The number of nitrogens with zero attached hydrogens (tertiary/aromatic N) is 1. The van der Waals surface area contributed by atoms with Crippen molar-refractivity contribution in [1.82, 2.24) is 4.90 Å². The van der Waals surface area contributed by atoms with Crippen LogP contribution in [0.4, 0.5) is 0 Å². The van der Waals surface area contributed by atoms with Gasteiger partial charge in [-0.05, 0) is 93.2 Å². The van der Waals surface area contributed by atoms with Crippen LogP contribution in [0.3, 0.4) is 0 Å². The van der Waals surface area contributed by atoms with E-state index >= 15 is 0 Å². The Morgan fingerprint density at radius 3 is 2.50 bits per heavy atom. The molecule has 6 atom stereocenters. The lowest BCUT2D eigenvalue weighted by molar-refractivity contribution is -0.274. The van der Waals surface area contributed by atoms with Crippen molar-refractivity contribution in [2.24, 2.45) is 22.7 Å². The highest BCUT2D eigenvalue weighted by Crippen LogP contribution is 2.74. The maximum atomic E-state index is 12.3. The number of hydrogen-bond acceptors (Lipinski definition) is 5. The molecule has 1 aliphatic heterocycles. The summed E-state index contributed by atoms with van der Waals surface area (Å²) in [6, 6.07) is 4.30. The molecule has 1 spiro atoms. The molecule has 0 amide bonds. The minimum absolute atomic E-state index is 0.0292. The molecular weight excluding hydrogens is 426 g/mol. The Labute approximate surface area is 204 Å². The van der Waals surface area contributed by atoms with E-state index in [0.717, 1.165) is 50.1 Å². The molecule has 4 bridgehead atoms. The second-order valence-electron chi connectivity index (χ2n) is 13.7. The smallest absolute Gasteiger partial charge is 0.164 e. The molecule has 3 N–H and O–H groups in total. The van der Waals surface area contributed by atoms with Gasteiger partial charge in [-0.25, -0.2) is 0 Å². The zero-order valence-electron chi connectivity index (χ0n) is 21.7. The molecule has 5 nitrogen and oxygen atoms in total. The Morgan fingerprint density at radius 2 is 1.85 bits per heavy atom. The molecule has 188 valence electrons. The van der Waals surface area contributed by atoms with Gasteiger partial charge in [-0.15, -0.1) is 0 Å². The molecule has 1 aromatic rings. The minimum atomic E-state index is -0.977. The van der Waals surface area contributed by atoms with E-state index in [1.54, 1.807) is 13.2 Å². The van der Waals surface area contributed by atoms with E-state index in [4.69, 9.17) is 4.74 Å². The maximum absolute atomic E-state index is 12.3. The molecule has 1 aromatic carbocycles. The molecule has 0 aromatic heterocycles. The van der Waals surface area contributed by atoms with E-state index < -0.39 is 11.2 Å². The van der Waals surface area contributed by atoms with Gasteiger partial charge in [0.1, 0.15) is 0 Å². The monoisotopic (exact) mass is 469 g/mol. The summed E-state index contributed by atoms with van der Waals surface area (Å²) in [4.78, 5) is 2.77. The summed E-state index contributed by atoms with van der Waals surface area (Å²) in [7, 11) is 1.66. The van der Waals surface area contributed by atoms with Crippen molar-refractivity contribution in [2.45, 2.75) is 102 Å². The van der Waals surface area contributed by atoms with Gasteiger partial charge < -0.3 is 20.1 Å². The van der Waals surface area contributed by atoms with Gasteiger partial charge in [0.2, 0.25) is 0 Å². The second kappa shape index (κ2) is 6.92. The number of methoxy groups -OCH3 is 1. The molecule has 0 unspecified atom stereocenters. The van der Waals surface area contributed by atoms with E-state index in [-0.39, 0.29) is 27.9 Å². The van der Waals surface area contributed by atoms with Crippen molar-refractivity contribution in [3.8, 4) is 11.5 Å². The molecule has 1 heterocycles. The number of hydrogen-bond donors (Lipinski definition) is 3. The number of ether oxygens (including phenoxy) is 1. The van der Waals surface area contributed by atoms with Gasteiger partial charge in [0.15, 0.2) is 11.5 Å². The molecule has 5 fully saturated rings. The van der Waals surface area contributed by atoms with E-state index in [2.05, 4.69) is 31.7 Å². The van der Waals surface area contributed by atoms with E-state index in [1.165, 1.54) is 24.9 Å². The Hall–Kier alpha value is -1.30. The van der Waals surface area contributed by atoms with Crippen LogP contribution in [0.2, 0.25) is 0 Å². The van der Waals surface area contributed by atoms with Crippen LogP contribution in [0.1, 0.15) is 83.8 Å². The first-order valence-electron chi connectivity index (χ1n) is 13.5. The summed E-state index contributed by atoms with van der Waals surface area (Å²) in [5.41, 5.74) is -0.0567. The van der Waals surface area contributed by atoms with Crippen molar-refractivity contribution in [1.29, 1.82) is 0 Å². The zero-order valence-corrected chi connectivity index (χ0v) is 21.7. The molecular formula is C29H43NO4. The molecule has 5 heteroatoms. The summed E-state index contributed by atoms with van der Waals surface area (Å²) < 4.78 is 5.87. The van der Waals surface area contributed by atoms with E-state index in [0.29, 0.717) is 18.2 Å². The normalized spacial score (nSPS) is 40.9. The predicted molar refractivity (Wildman–Crippen MR) is 132 cm³/mol. The number of phenolic OH excluding ortho intramolecular Hbond substituents is 1. The van der Waals surface area contributed by atoms with Crippen LogP contribution in [-0.2, 0) is 11.8 Å². The van der Waals surface area contributed by atoms with Crippen molar-refractivity contribution >= 4 is 0 Å². The first kappa shape index (κ1) is 23.1. The Morgan fingerprint density at radius 1 is 1.12 bits per heavy atom. The average Bonchev–Trinajstić information content (AvgIpc) is 3.58. The van der Waals surface area contributed by atoms with Gasteiger partial charge in [-0.1, -0.05) is 26.8 Å². The quantitative estimate of drug-likeness (QED) is 0.610. The first-order valence-corrected chi connectivity index (χ1v) is 13.5. The van der Waals surface area contributed by atoms with Crippen molar-refractivity contribution < 1.29 is 20.1 Å². The molecule has 1 saturated heterocycles. The second-order valence-corrected chi connectivity index (χ2v) is 13.7. The number of fused-ring (bicyclic) bond motifs is 3. The fraction of sp³-hybridized carbons (Fsp3) is 0.793. The topological polar surface area (TPSA) is 73.2 Å². The lowest BCUT2D eigenvalue weighted by Gasteiger charge is -2.75. The number of likely N-dealkylation sites (tertiary alicyclic amines) is 1. The van der Waals surface area contributed by atoms with Crippen LogP contribution in [0.5, 0.6) is 11.5 Å². The first-order chi connectivity index (χ1) is 15.9. The number of phenols is 1. The largest absolute Gasteiger partial charge is 0.504 e. The van der Waals surface area contributed by atoms with Crippen molar-refractivity contribution in [3.63, 3.8) is 0 Å². The fourth-order valence-electron chi connectivity index (χ4n) is 9.02. The van der Waals surface area contributed by atoms with Crippen LogP contribution in [-0.4, -0.2) is 57.7 Å². The van der Waals surface area contributed by atoms with Gasteiger partial charge in [0.25, 0.3) is 0 Å². The third-order valence-electron chi connectivity index (χ3n) is 11.4. The van der Waals surface area contributed by atoms with Gasteiger partial charge in [0.05, 0.1) is 18.3 Å². The van der Waals surface area contributed by atoms with Crippen LogP contribution >= 0.6 is 0 Å². The van der Waals surface area contributed by atoms with Crippen LogP contribution in [0.25, 0.3) is 0 Å². The van der Waals surface area contributed by atoms with Gasteiger partial charge in [-0.3, -0.25) is 4.90 Å². The fourth-order valence-corrected chi connectivity index (χ4v) is 9.02. The summed E-state index contributed by atoms with van der Waals surface area (Å²) in [5.74, 6) is 1.48. The number of rotatable bonds is 4. The zero-order chi connectivity index (χ0) is 24.3. The summed E-state index contributed by atoms with van der Waals surface area (Å²) in [6.07, 6.45) is 7.84. The molecule has 4 saturated carbocycles. The number of aliphatic hydroxyl groups is 2. The molecule has 7 rings (SSSR count). The van der Waals surface area contributed by atoms with E-state index in [1.807, 2.05) is 6.92 Å². The lowest BCUT2D eigenvalue weighted by Crippen LogP contribution is -2.77. The summed E-state index contributed by atoms with van der Waals surface area (Å²) in [6.45, 7) is 10.5. The highest BCUT2D eigenvalue weighted by Gasteiger charge is 2.75. The summed E-state index contributed by atoms with van der Waals surface area (Å²) in [5, 5.41) is 35.1. The maximum Gasteiger partial charge on any atom is 0.164 e. The number of aromatic hydroxyl groups is 1. The van der Waals surface area contributed by atoms with Gasteiger partial charge in [-0.2, -0.15) is 0 Å². The van der Waals surface area contributed by atoms with Crippen LogP contribution in [0.15, 0.2) is 12.1 Å². The molecule has 0 radical (unpaired) electrons. The standard InChI is InChI=1S/C29H43NO4/c1-25(2,3)26(4,32)21-15-27-10-11-29(21,33)17-28(27)12-13-30(16-18-6-7-18)22(27)14-19-8-9-20(31)24(34-5)23(19)28/h8-9,18,21-22,31-33H,6-7,10-17H2,1-5H3/t21-,22-,26+,27-,28-,29-/m1/s1. The highest BCUT2D eigenvalue weighted by atomic mass is 16.5. The minimum Gasteiger partial charge on any atom is -0.504 e. The molecule has 5 aliphatic carbocycles. The lowest BCUT2D eigenvalue weighted by atomic mass is 9.33. The van der Waals surface area contributed by atoms with Gasteiger partial charge >= 0.3 is 0 Å². The van der Waals surface area contributed by atoms with Crippen LogP contribution < -0.4 is 4.74 Å². The number of benzene rings is 1. The van der Waals surface area contributed by atoms with Gasteiger partial charge in [0, 0.05) is 29.5 Å². The van der Waals surface area contributed by atoms with Crippen molar-refractivity contribution in [3.05, 3.63) is 23.3 Å². The SMILES string of the molecule is COc1c(O)ccc2c1[C@]13CCN(CC4CC4)[C@H](C2)[C@]12CC[C@@](O)(C3)[C@@H]([C@](C)(O)C(C)(C)C)C2. The number of piperidine rings is 1.